The number of piperazine rings is 1. The summed E-state index contributed by atoms with van der Waals surface area (Å²) < 4.78 is 32.7. The van der Waals surface area contributed by atoms with Crippen LogP contribution >= 0.6 is 0 Å². The first-order valence-electron chi connectivity index (χ1n) is 11.3. The number of benzene rings is 2. The van der Waals surface area contributed by atoms with Gasteiger partial charge in [0.05, 0.1) is 12.0 Å². The average Bonchev–Trinajstić information content (AvgIpc) is 2.77. The number of nitrogens with zero attached hydrogens (tertiary/aromatic N) is 3. The minimum Gasteiger partial charge on any atom is -0.497 e. The number of hydrogen-bond acceptors (Lipinski definition) is 6. The second kappa shape index (κ2) is 10.7. The lowest BCUT2D eigenvalue weighted by Gasteiger charge is -2.34. The predicted octanol–water partition coefficient (Wildman–Crippen LogP) is 2.89. The van der Waals surface area contributed by atoms with Gasteiger partial charge in [0.1, 0.15) is 11.5 Å². The zero-order valence-corrected chi connectivity index (χ0v) is 21.1. The maximum absolute atomic E-state index is 13.1. The molecule has 1 aliphatic heterocycles. The Morgan fingerprint density at radius 3 is 2.15 bits per heavy atom. The largest absolute Gasteiger partial charge is 0.497 e. The molecule has 0 spiro atoms. The van der Waals surface area contributed by atoms with Crippen molar-refractivity contribution in [3.63, 3.8) is 0 Å². The summed E-state index contributed by atoms with van der Waals surface area (Å²) in [6, 6.07) is 11.6. The Hall–Kier alpha value is -2.42. The van der Waals surface area contributed by atoms with E-state index in [1.165, 1.54) is 17.0 Å². The van der Waals surface area contributed by atoms with Gasteiger partial charge in [0.2, 0.25) is 10.0 Å². The molecule has 1 aliphatic rings. The minimum absolute atomic E-state index is 0.0209. The van der Waals surface area contributed by atoms with Gasteiger partial charge in [0.25, 0.3) is 0 Å². The molecule has 1 heterocycles. The first kappa shape index (κ1) is 25.2. The molecule has 2 aromatic carbocycles. The van der Waals surface area contributed by atoms with Crippen molar-refractivity contribution >= 4 is 21.5 Å². The van der Waals surface area contributed by atoms with E-state index >= 15 is 0 Å². The van der Waals surface area contributed by atoms with Gasteiger partial charge in [-0.05, 0) is 61.9 Å². The summed E-state index contributed by atoms with van der Waals surface area (Å²) in [4.78, 5) is 17.5. The summed E-state index contributed by atoms with van der Waals surface area (Å²) in [6.07, 6.45) is 0.474. The number of carbonyl (C=O) groups excluding carboxylic acids is 1. The Morgan fingerprint density at radius 1 is 1.03 bits per heavy atom. The first-order chi connectivity index (χ1) is 15.6. The molecule has 0 atom stereocenters. The Kier molecular flexibility index (Phi) is 8.15. The van der Waals surface area contributed by atoms with Crippen LogP contribution in [0.4, 0.5) is 5.69 Å². The fraction of sp³-hybridized carbons (Fsp3) is 0.480. The molecule has 180 valence electrons. The number of sulfonamides is 1. The van der Waals surface area contributed by atoms with Crippen LogP contribution < -0.4 is 9.64 Å². The minimum atomic E-state index is -3.70. The Morgan fingerprint density at radius 2 is 1.61 bits per heavy atom. The van der Waals surface area contributed by atoms with Crippen molar-refractivity contribution in [3.8, 4) is 5.75 Å². The van der Waals surface area contributed by atoms with E-state index in [-0.39, 0.29) is 23.6 Å². The smallest absolute Gasteiger partial charge is 0.243 e. The van der Waals surface area contributed by atoms with Crippen LogP contribution in [0.25, 0.3) is 0 Å². The van der Waals surface area contributed by atoms with Crippen LogP contribution in [0.2, 0.25) is 0 Å². The van der Waals surface area contributed by atoms with E-state index < -0.39 is 10.0 Å². The van der Waals surface area contributed by atoms with Gasteiger partial charge in [-0.25, -0.2) is 12.7 Å². The van der Waals surface area contributed by atoms with Crippen LogP contribution in [0.1, 0.15) is 23.1 Å². The third-order valence-corrected chi connectivity index (χ3v) is 8.41. The maximum atomic E-state index is 13.1. The van der Waals surface area contributed by atoms with Crippen molar-refractivity contribution in [1.82, 2.24) is 9.21 Å². The van der Waals surface area contributed by atoms with Gasteiger partial charge in [0, 0.05) is 58.3 Å². The van der Waals surface area contributed by atoms with Crippen molar-refractivity contribution in [2.24, 2.45) is 0 Å². The lowest BCUT2D eigenvalue weighted by atomic mass is 10.1. The van der Waals surface area contributed by atoms with Gasteiger partial charge >= 0.3 is 0 Å². The second-order valence-corrected chi connectivity index (χ2v) is 10.8. The van der Waals surface area contributed by atoms with Crippen LogP contribution in [0.3, 0.4) is 0 Å². The molecular weight excluding hydrogens is 438 g/mol. The van der Waals surface area contributed by atoms with Gasteiger partial charge in [-0.3, -0.25) is 4.79 Å². The Labute approximate surface area is 198 Å². The van der Waals surface area contributed by atoms with Gasteiger partial charge in [-0.15, -0.1) is 0 Å². The number of aryl methyl sites for hydroxylation is 2. The maximum Gasteiger partial charge on any atom is 0.243 e. The average molecular weight is 474 g/mol. The van der Waals surface area contributed by atoms with Crippen molar-refractivity contribution in [3.05, 3.63) is 53.1 Å². The highest BCUT2D eigenvalue weighted by Crippen LogP contribution is 2.28. The molecule has 0 bridgehead atoms. The molecule has 7 nitrogen and oxygen atoms in total. The summed E-state index contributed by atoms with van der Waals surface area (Å²) >= 11 is 0. The zero-order chi connectivity index (χ0) is 24.2. The van der Waals surface area contributed by atoms with Gasteiger partial charge in [-0.2, -0.15) is 0 Å². The molecule has 0 aromatic heterocycles. The van der Waals surface area contributed by atoms with Crippen LogP contribution in [-0.4, -0.2) is 77.3 Å². The molecule has 2 aromatic rings. The van der Waals surface area contributed by atoms with E-state index in [0.29, 0.717) is 23.3 Å². The molecule has 3 rings (SSSR count). The topological polar surface area (TPSA) is 70.2 Å². The van der Waals surface area contributed by atoms with E-state index in [4.69, 9.17) is 4.74 Å². The third kappa shape index (κ3) is 6.13. The van der Waals surface area contributed by atoms with E-state index in [2.05, 4.69) is 29.0 Å². The van der Waals surface area contributed by atoms with E-state index in [9.17, 15) is 13.2 Å². The lowest BCUT2D eigenvalue weighted by molar-refractivity contribution is -0.118. The fourth-order valence-electron chi connectivity index (χ4n) is 4.20. The lowest BCUT2D eigenvalue weighted by Crippen LogP contribution is -2.44. The summed E-state index contributed by atoms with van der Waals surface area (Å²) in [6.45, 7) is 7.76. The number of ether oxygens (including phenoxy) is 1. The standard InChI is InChI=1S/C25H35N3O4S/c1-19-16-24(32-5)17-20(2)25(19)33(30,31)27(4)11-10-23(29)18-21-6-8-22(9-7-21)28-14-12-26(3)13-15-28/h6-9,16-17H,10-15,18H2,1-5H3. The van der Waals surface area contributed by atoms with Crippen molar-refractivity contribution in [2.75, 3.05) is 58.8 Å². The van der Waals surface area contributed by atoms with Crippen LogP contribution in [0.5, 0.6) is 5.75 Å². The molecule has 8 heteroatoms. The zero-order valence-electron chi connectivity index (χ0n) is 20.3. The summed E-state index contributed by atoms with van der Waals surface area (Å²) in [5.41, 5.74) is 3.39. The van der Waals surface area contributed by atoms with Crippen molar-refractivity contribution < 1.29 is 17.9 Å². The Balaban J connectivity index is 1.57. The Bertz CT molecular complexity index is 1050. The number of anilines is 1. The molecule has 0 amide bonds. The number of Topliss-reactive ketones (excluding diaryl/α,β-unsaturated/α-hetero) is 1. The number of carbonyl (C=O) groups is 1. The van der Waals surface area contributed by atoms with Gasteiger partial charge in [0.15, 0.2) is 0 Å². The van der Waals surface area contributed by atoms with Crippen LogP contribution in [-0.2, 0) is 21.2 Å². The highest BCUT2D eigenvalue weighted by Gasteiger charge is 2.26. The van der Waals surface area contributed by atoms with Crippen molar-refractivity contribution in [2.45, 2.75) is 31.6 Å². The number of hydrogen-bond donors (Lipinski definition) is 0. The number of likely N-dealkylation sites (N-methyl/N-ethyl adjacent to an activating group) is 1. The quantitative estimate of drug-likeness (QED) is 0.558. The van der Waals surface area contributed by atoms with Crippen molar-refractivity contribution in [1.29, 1.82) is 0 Å². The second-order valence-electron chi connectivity index (χ2n) is 8.84. The highest BCUT2D eigenvalue weighted by molar-refractivity contribution is 7.89. The molecule has 0 saturated carbocycles. The normalized spacial score (nSPS) is 15.2. The first-order valence-corrected chi connectivity index (χ1v) is 12.7. The number of ketones is 1. The van der Waals surface area contributed by atoms with Gasteiger partial charge < -0.3 is 14.5 Å². The van der Waals surface area contributed by atoms with Gasteiger partial charge in [-0.1, -0.05) is 12.1 Å². The molecule has 0 radical (unpaired) electrons. The fourth-order valence-corrected chi connectivity index (χ4v) is 5.77. The summed E-state index contributed by atoms with van der Waals surface area (Å²) in [5, 5.41) is 0. The molecule has 33 heavy (non-hydrogen) atoms. The molecule has 1 fully saturated rings. The predicted molar refractivity (Wildman–Crippen MR) is 132 cm³/mol. The summed E-state index contributed by atoms with van der Waals surface area (Å²) in [5.74, 6) is 0.646. The van der Waals surface area contributed by atoms with E-state index in [0.717, 1.165) is 31.7 Å². The van der Waals surface area contributed by atoms with Crippen LogP contribution in [0, 0.1) is 13.8 Å². The molecule has 0 aliphatic carbocycles. The molecule has 0 unspecified atom stereocenters. The third-order valence-electron chi connectivity index (χ3n) is 6.25. The molecular formula is C25H35N3O4S. The monoisotopic (exact) mass is 473 g/mol. The van der Waals surface area contributed by atoms with Crippen LogP contribution in [0.15, 0.2) is 41.3 Å². The SMILES string of the molecule is COc1cc(C)c(S(=O)(=O)N(C)CCC(=O)Cc2ccc(N3CCN(C)CC3)cc2)c(C)c1. The molecule has 0 N–H and O–H groups in total. The number of rotatable bonds is 9. The number of methoxy groups -OCH3 is 1. The van der Waals surface area contributed by atoms with E-state index in [1.54, 1.807) is 33.1 Å². The van der Waals surface area contributed by atoms with E-state index in [1.807, 2.05) is 12.1 Å². The molecule has 1 saturated heterocycles. The highest BCUT2D eigenvalue weighted by atomic mass is 32.2. The summed E-state index contributed by atoms with van der Waals surface area (Å²) in [7, 11) is 1.51.